The molecule has 0 atom stereocenters. The first-order valence-corrected chi connectivity index (χ1v) is 5.35. The summed E-state index contributed by atoms with van der Waals surface area (Å²) in [5.41, 5.74) is 1.21. The van der Waals surface area contributed by atoms with Crippen LogP contribution in [0.3, 0.4) is 0 Å². The predicted molar refractivity (Wildman–Crippen MR) is 65.0 cm³/mol. The highest BCUT2D eigenvalue weighted by Gasteiger charge is 2.08. The minimum Gasteiger partial charge on any atom is -0.493 e. The van der Waals surface area contributed by atoms with Crippen LogP contribution in [0.4, 0.5) is 0 Å². The second-order valence-electron chi connectivity index (χ2n) is 2.83. The standard InChI is InChI=1S/C10H14INO2/c1-12-6-7-4-9(13-2)10(14-3)5-8(7)11/h4-5,12H,6H2,1-3H3. The fourth-order valence-electron chi connectivity index (χ4n) is 1.22. The molecular formula is C10H14INO2. The molecular weight excluding hydrogens is 293 g/mol. The van der Waals surface area contributed by atoms with Crippen molar-refractivity contribution in [2.24, 2.45) is 0 Å². The molecule has 0 heterocycles. The molecule has 4 heteroatoms. The van der Waals surface area contributed by atoms with Crippen LogP contribution >= 0.6 is 22.6 Å². The van der Waals surface area contributed by atoms with Crippen LogP contribution in [0.2, 0.25) is 0 Å². The Morgan fingerprint density at radius 2 is 1.79 bits per heavy atom. The van der Waals surface area contributed by atoms with E-state index in [1.165, 1.54) is 9.13 Å². The van der Waals surface area contributed by atoms with E-state index in [1.807, 2.05) is 19.2 Å². The Balaban J connectivity index is 3.09. The van der Waals surface area contributed by atoms with Crippen molar-refractivity contribution >= 4 is 22.6 Å². The average molecular weight is 307 g/mol. The van der Waals surface area contributed by atoms with Gasteiger partial charge in [-0.15, -0.1) is 0 Å². The second kappa shape index (κ2) is 5.41. The maximum atomic E-state index is 5.22. The summed E-state index contributed by atoms with van der Waals surface area (Å²) in [6.07, 6.45) is 0. The van der Waals surface area contributed by atoms with Crippen molar-refractivity contribution in [1.29, 1.82) is 0 Å². The lowest BCUT2D eigenvalue weighted by Gasteiger charge is -2.11. The lowest BCUT2D eigenvalue weighted by Crippen LogP contribution is -2.07. The summed E-state index contributed by atoms with van der Waals surface area (Å²) < 4.78 is 11.6. The van der Waals surface area contributed by atoms with E-state index in [0.717, 1.165) is 18.0 Å². The molecule has 0 aromatic heterocycles. The van der Waals surface area contributed by atoms with Gasteiger partial charge >= 0.3 is 0 Å². The lowest BCUT2D eigenvalue weighted by atomic mass is 10.2. The van der Waals surface area contributed by atoms with Gasteiger partial charge in [0.1, 0.15) is 0 Å². The summed E-state index contributed by atoms with van der Waals surface area (Å²) in [6, 6.07) is 3.98. The van der Waals surface area contributed by atoms with Gasteiger partial charge in [-0.2, -0.15) is 0 Å². The topological polar surface area (TPSA) is 30.5 Å². The first kappa shape index (κ1) is 11.6. The number of nitrogens with one attached hydrogen (secondary N) is 1. The van der Waals surface area contributed by atoms with Crippen molar-refractivity contribution in [2.75, 3.05) is 21.3 Å². The monoisotopic (exact) mass is 307 g/mol. The molecule has 0 amide bonds. The van der Waals surface area contributed by atoms with Crippen molar-refractivity contribution in [3.63, 3.8) is 0 Å². The summed E-state index contributed by atoms with van der Waals surface area (Å²) in [6.45, 7) is 0.832. The summed E-state index contributed by atoms with van der Waals surface area (Å²) in [5, 5.41) is 3.11. The number of ether oxygens (including phenoxy) is 2. The first-order chi connectivity index (χ1) is 6.72. The van der Waals surface area contributed by atoms with E-state index >= 15 is 0 Å². The Morgan fingerprint density at radius 1 is 1.21 bits per heavy atom. The Bertz CT molecular complexity index is 315. The molecule has 78 valence electrons. The summed E-state index contributed by atoms with van der Waals surface area (Å²) in [7, 11) is 5.21. The highest BCUT2D eigenvalue weighted by Crippen LogP contribution is 2.31. The summed E-state index contributed by atoms with van der Waals surface area (Å²) in [5.74, 6) is 1.55. The van der Waals surface area contributed by atoms with E-state index in [4.69, 9.17) is 9.47 Å². The van der Waals surface area contributed by atoms with Gasteiger partial charge in [-0.1, -0.05) is 0 Å². The fraction of sp³-hybridized carbons (Fsp3) is 0.400. The van der Waals surface area contributed by atoms with Crippen molar-refractivity contribution in [1.82, 2.24) is 5.32 Å². The number of halogens is 1. The summed E-state index contributed by atoms with van der Waals surface area (Å²) >= 11 is 2.29. The Hall–Kier alpha value is -0.490. The van der Waals surface area contributed by atoms with Gasteiger partial charge in [0.15, 0.2) is 11.5 Å². The highest BCUT2D eigenvalue weighted by atomic mass is 127. The molecule has 1 aromatic rings. The quantitative estimate of drug-likeness (QED) is 0.864. The molecule has 1 aromatic carbocycles. The molecule has 0 aliphatic carbocycles. The van der Waals surface area contributed by atoms with Gasteiger partial charge in [0, 0.05) is 10.1 Å². The molecule has 0 radical (unpaired) electrons. The molecule has 1 N–H and O–H groups in total. The normalized spacial score (nSPS) is 10.0. The molecule has 0 aliphatic heterocycles. The van der Waals surface area contributed by atoms with Gasteiger partial charge < -0.3 is 14.8 Å². The summed E-state index contributed by atoms with van der Waals surface area (Å²) in [4.78, 5) is 0. The molecule has 1 rings (SSSR count). The number of methoxy groups -OCH3 is 2. The molecule has 0 bridgehead atoms. The van der Waals surface area contributed by atoms with E-state index < -0.39 is 0 Å². The molecule has 0 aliphatic rings. The highest BCUT2D eigenvalue weighted by molar-refractivity contribution is 14.1. The fourth-order valence-corrected chi connectivity index (χ4v) is 1.85. The van der Waals surface area contributed by atoms with Crippen LogP contribution in [0.15, 0.2) is 12.1 Å². The van der Waals surface area contributed by atoms with E-state index in [0.29, 0.717) is 0 Å². The van der Waals surface area contributed by atoms with Crippen molar-refractivity contribution in [3.05, 3.63) is 21.3 Å². The van der Waals surface area contributed by atoms with E-state index in [1.54, 1.807) is 14.2 Å². The van der Waals surface area contributed by atoms with Crippen LogP contribution in [0.5, 0.6) is 11.5 Å². The van der Waals surface area contributed by atoms with Crippen molar-refractivity contribution in [3.8, 4) is 11.5 Å². The number of hydrogen-bond acceptors (Lipinski definition) is 3. The zero-order valence-electron chi connectivity index (χ0n) is 8.56. The third-order valence-corrected chi connectivity index (χ3v) is 2.92. The van der Waals surface area contributed by atoms with Crippen LogP contribution in [0, 0.1) is 3.57 Å². The minimum atomic E-state index is 0.775. The molecule has 3 nitrogen and oxygen atoms in total. The Kier molecular flexibility index (Phi) is 4.47. The predicted octanol–water partition coefficient (Wildman–Crippen LogP) is 2.03. The van der Waals surface area contributed by atoms with Gasteiger partial charge in [-0.05, 0) is 47.3 Å². The molecule has 14 heavy (non-hydrogen) atoms. The first-order valence-electron chi connectivity index (χ1n) is 4.28. The third kappa shape index (κ3) is 2.51. The van der Waals surface area contributed by atoms with Crippen LogP contribution in [0.1, 0.15) is 5.56 Å². The van der Waals surface area contributed by atoms with Gasteiger partial charge in [0.2, 0.25) is 0 Å². The van der Waals surface area contributed by atoms with Crippen LogP contribution in [0.25, 0.3) is 0 Å². The van der Waals surface area contributed by atoms with Gasteiger partial charge in [0.25, 0.3) is 0 Å². The smallest absolute Gasteiger partial charge is 0.161 e. The maximum Gasteiger partial charge on any atom is 0.161 e. The SMILES string of the molecule is CNCc1cc(OC)c(OC)cc1I. The maximum absolute atomic E-state index is 5.22. The third-order valence-electron chi connectivity index (χ3n) is 1.92. The number of hydrogen-bond donors (Lipinski definition) is 1. The van der Waals surface area contributed by atoms with Gasteiger partial charge in [-0.3, -0.25) is 0 Å². The largest absolute Gasteiger partial charge is 0.493 e. The second-order valence-corrected chi connectivity index (χ2v) is 3.99. The Morgan fingerprint density at radius 3 is 2.29 bits per heavy atom. The average Bonchev–Trinajstić information content (AvgIpc) is 2.20. The van der Waals surface area contributed by atoms with Crippen molar-refractivity contribution < 1.29 is 9.47 Å². The van der Waals surface area contributed by atoms with E-state index in [-0.39, 0.29) is 0 Å². The van der Waals surface area contributed by atoms with Crippen molar-refractivity contribution in [2.45, 2.75) is 6.54 Å². The minimum absolute atomic E-state index is 0.775. The van der Waals surface area contributed by atoms with Gasteiger partial charge in [0.05, 0.1) is 14.2 Å². The molecule has 0 saturated heterocycles. The van der Waals surface area contributed by atoms with Crippen LogP contribution in [-0.2, 0) is 6.54 Å². The van der Waals surface area contributed by atoms with Gasteiger partial charge in [-0.25, -0.2) is 0 Å². The molecule has 0 fully saturated rings. The molecule has 0 spiro atoms. The molecule has 0 unspecified atom stereocenters. The Labute approximate surface area is 97.9 Å². The van der Waals surface area contributed by atoms with E-state index in [9.17, 15) is 0 Å². The number of benzene rings is 1. The lowest BCUT2D eigenvalue weighted by molar-refractivity contribution is 0.354. The van der Waals surface area contributed by atoms with Crippen LogP contribution < -0.4 is 14.8 Å². The molecule has 0 saturated carbocycles. The van der Waals surface area contributed by atoms with E-state index in [2.05, 4.69) is 27.9 Å². The zero-order chi connectivity index (χ0) is 10.6. The van der Waals surface area contributed by atoms with Crippen LogP contribution in [-0.4, -0.2) is 21.3 Å². The zero-order valence-corrected chi connectivity index (χ0v) is 10.7. The number of rotatable bonds is 4.